The first kappa shape index (κ1) is 15.7. The third kappa shape index (κ3) is 6.30. The van der Waals surface area contributed by atoms with Crippen LogP contribution in [-0.2, 0) is 0 Å². The molecule has 0 saturated heterocycles. The van der Waals surface area contributed by atoms with Crippen LogP contribution in [0.25, 0.3) is 0 Å². The predicted octanol–water partition coefficient (Wildman–Crippen LogP) is -0.730. The Morgan fingerprint density at radius 1 is 1.19 bits per heavy atom. The van der Waals surface area contributed by atoms with Gasteiger partial charge >= 0.3 is 0 Å². The van der Waals surface area contributed by atoms with E-state index in [0.717, 1.165) is 22.3 Å². The highest BCUT2D eigenvalue weighted by atomic mass is 79.9. The van der Waals surface area contributed by atoms with Crippen LogP contribution in [0, 0.1) is 0 Å². The van der Waals surface area contributed by atoms with Crippen molar-refractivity contribution in [1.29, 1.82) is 0 Å². The van der Waals surface area contributed by atoms with E-state index in [0.29, 0.717) is 0 Å². The zero-order chi connectivity index (χ0) is 11.3. The summed E-state index contributed by atoms with van der Waals surface area (Å²) in [4.78, 5) is 11.7. The Morgan fingerprint density at radius 3 is 2.25 bits per heavy atom. The Morgan fingerprint density at radius 2 is 1.75 bits per heavy atom. The summed E-state index contributed by atoms with van der Waals surface area (Å²) in [7, 11) is 6.40. The second kappa shape index (κ2) is 7.09. The third-order valence-corrected chi connectivity index (χ3v) is 2.89. The number of benzene rings is 1. The van der Waals surface area contributed by atoms with Crippen LogP contribution < -0.4 is 17.0 Å². The van der Waals surface area contributed by atoms with Crippen LogP contribution in [0.5, 0.6) is 0 Å². The van der Waals surface area contributed by atoms with Gasteiger partial charge in [-0.15, -0.1) is 0 Å². The normalized spacial score (nSPS) is 10.7. The number of carbonyl (C=O) groups excluding carboxylic acids is 1. The second-order valence-electron chi connectivity index (χ2n) is 4.52. The zero-order valence-corrected chi connectivity index (χ0v) is 12.3. The van der Waals surface area contributed by atoms with Crippen LogP contribution in [0.2, 0.25) is 0 Å². The molecule has 0 aliphatic heterocycles. The highest BCUT2D eigenvalue weighted by Gasteiger charge is 2.10. The molecule has 1 rings (SSSR count). The van der Waals surface area contributed by atoms with Gasteiger partial charge in [0.25, 0.3) is 0 Å². The van der Waals surface area contributed by atoms with Crippen molar-refractivity contribution in [3.8, 4) is 0 Å². The number of nitrogens with zero attached hydrogens (tertiary/aromatic N) is 1. The molecule has 0 atom stereocenters. The number of thioether (sulfide) groups is 1. The number of halogens is 1. The SMILES string of the molecule is C[N+](C)(C)CCSC(=O)c1ccccc1.[Br-]. The molecule has 1 aromatic rings. The summed E-state index contributed by atoms with van der Waals surface area (Å²) in [6.45, 7) is 1.00. The molecule has 0 saturated carbocycles. The van der Waals surface area contributed by atoms with Gasteiger partial charge in [0, 0.05) is 5.56 Å². The molecule has 0 aromatic heterocycles. The lowest BCUT2D eigenvalue weighted by molar-refractivity contribution is -0.867. The number of rotatable bonds is 4. The average molecular weight is 304 g/mol. The van der Waals surface area contributed by atoms with Gasteiger partial charge in [-0.05, 0) is 0 Å². The number of hydrogen-bond acceptors (Lipinski definition) is 2. The average Bonchev–Trinajstić information content (AvgIpc) is 2.17. The van der Waals surface area contributed by atoms with Crippen molar-refractivity contribution in [2.24, 2.45) is 0 Å². The molecule has 90 valence electrons. The summed E-state index contributed by atoms with van der Waals surface area (Å²) < 4.78 is 0.898. The summed E-state index contributed by atoms with van der Waals surface area (Å²) >= 11 is 1.40. The molecule has 4 heteroatoms. The number of carbonyl (C=O) groups is 1. The highest BCUT2D eigenvalue weighted by Crippen LogP contribution is 2.12. The Labute approximate surface area is 112 Å². The molecular weight excluding hydrogens is 286 g/mol. The van der Waals surface area contributed by atoms with Gasteiger partial charge in [0.2, 0.25) is 5.12 Å². The van der Waals surface area contributed by atoms with Crippen LogP contribution in [0.4, 0.5) is 0 Å². The lowest BCUT2D eigenvalue weighted by Crippen LogP contribution is -3.00. The first-order chi connectivity index (χ1) is 6.99. The standard InChI is InChI=1S/C12H18NOS.BrH/c1-13(2,3)9-10-15-12(14)11-7-5-4-6-8-11;/h4-8H,9-10H2,1-3H3;1H/q+1;/p-1. The molecule has 0 aliphatic rings. The maximum Gasteiger partial charge on any atom is 0.219 e. The molecule has 2 nitrogen and oxygen atoms in total. The third-order valence-electron chi connectivity index (χ3n) is 2.00. The molecule has 16 heavy (non-hydrogen) atoms. The van der Waals surface area contributed by atoms with E-state index in [9.17, 15) is 4.79 Å². The van der Waals surface area contributed by atoms with Crippen molar-refractivity contribution in [1.82, 2.24) is 0 Å². The second-order valence-corrected chi connectivity index (χ2v) is 5.58. The Hall–Kier alpha value is -0.320. The quantitative estimate of drug-likeness (QED) is 0.683. The Bertz CT molecular complexity index is 322. The smallest absolute Gasteiger partial charge is 0.219 e. The first-order valence-electron chi connectivity index (χ1n) is 5.02. The monoisotopic (exact) mass is 303 g/mol. The topological polar surface area (TPSA) is 17.1 Å². The van der Waals surface area contributed by atoms with E-state index in [4.69, 9.17) is 0 Å². The molecule has 0 heterocycles. The minimum atomic E-state index is 0. The molecule has 0 spiro atoms. The fourth-order valence-corrected chi connectivity index (χ4v) is 2.20. The fraction of sp³-hybridized carbons (Fsp3) is 0.417. The van der Waals surface area contributed by atoms with E-state index in [1.54, 1.807) is 0 Å². The van der Waals surface area contributed by atoms with Crippen molar-refractivity contribution in [3.63, 3.8) is 0 Å². The van der Waals surface area contributed by atoms with E-state index < -0.39 is 0 Å². The highest BCUT2D eigenvalue weighted by molar-refractivity contribution is 8.14. The summed E-state index contributed by atoms with van der Waals surface area (Å²) in [6.07, 6.45) is 0. The minimum Gasteiger partial charge on any atom is -1.00 e. The molecule has 0 fully saturated rings. The van der Waals surface area contributed by atoms with E-state index in [-0.39, 0.29) is 22.1 Å². The van der Waals surface area contributed by atoms with E-state index in [2.05, 4.69) is 21.1 Å². The molecule has 0 unspecified atom stereocenters. The first-order valence-corrected chi connectivity index (χ1v) is 6.00. The predicted molar refractivity (Wildman–Crippen MR) is 66.1 cm³/mol. The van der Waals surface area contributed by atoms with Gasteiger partial charge in [0.1, 0.15) is 0 Å². The molecule has 0 amide bonds. The van der Waals surface area contributed by atoms with Crippen LogP contribution in [0.1, 0.15) is 10.4 Å². The van der Waals surface area contributed by atoms with Crippen molar-refractivity contribution < 1.29 is 26.3 Å². The molecule has 0 bridgehead atoms. The van der Waals surface area contributed by atoms with Gasteiger partial charge in [0.05, 0.1) is 33.4 Å². The van der Waals surface area contributed by atoms with Crippen LogP contribution >= 0.6 is 11.8 Å². The molecule has 0 aliphatic carbocycles. The van der Waals surface area contributed by atoms with Crippen LogP contribution in [-0.4, -0.2) is 43.0 Å². The van der Waals surface area contributed by atoms with Crippen molar-refractivity contribution in [2.75, 3.05) is 33.4 Å². The molecule has 0 radical (unpaired) electrons. The van der Waals surface area contributed by atoms with Gasteiger partial charge < -0.3 is 21.5 Å². The lowest BCUT2D eigenvalue weighted by atomic mass is 10.2. The molecule has 0 N–H and O–H groups in total. The van der Waals surface area contributed by atoms with Gasteiger partial charge in [-0.1, -0.05) is 42.1 Å². The summed E-state index contributed by atoms with van der Waals surface area (Å²) in [5, 5.41) is 0.170. The summed E-state index contributed by atoms with van der Waals surface area (Å²) in [6, 6.07) is 9.44. The molecule has 1 aromatic carbocycles. The maximum atomic E-state index is 11.7. The van der Waals surface area contributed by atoms with Crippen molar-refractivity contribution in [3.05, 3.63) is 35.9 Å². The summed E-state index contributed by atoms with van der Waals surface area (Å²) in [5.74, 6) is 0.872. The largest absolute Gasteiger partial charge is 1.00 e. The van der Waals surface area contributed by atoms with E-state index in [1.165, 1.54) is 11.8 Å². The van der Waals surface area contributed by atoms with Crippen LogP contribution in [0.3, 0.4) is 0 Å². The minimum absolute atomic E-state index is 0. The lowest BCUT2D eigenvalue weighted by Gasteiger charge is -2.23. The van der Waals surface area contributed by atoms with Crippen molar-refractivity contribution in [2.45, 2.75) is 0 Å². The maximum absolute atomic E-state index is 11.7. The van der Waals surface area contributed by atoms with Gasteiger partial charge in [-0.2, -0.15) is 0 Å². The Kier molecular flexibility index (Phi) is 6.95. The van der Waals surface area contributed by atoms with E-state index in [1.807, 2.05) is 30.3 Å². The van der Waals surface area contributed by atoms with Crippen molar-refractivity contribution >= 4 is 16.9 Å². The van der Waals surface area contributed by atoms with Gasteiger partial charge in [-0.3, -0.25) is 4.79 Å². The van der Waals surface area contributed by atoms with Gasteiger partial charge in [-0.25, -0.2) is 0 Å². The van der Waals surface area contributed by atoms with Gasteiger partial charge in [0.15, 0.2) is 0 Å². The summed E-state index contributed by atoms with van der Waals surface area (Å²) in [5.41, 5.74) is 0.795. The van der Waals surface area contributed by atoms with Crippen LogP contribution in [0.15, 0.2) is 30.3 Å². The number of hydrogen-bond donors (Lipinski definition) is 0. The zero-order valence-electron chi connectivity index (χ0n) is 9.94. The molecular formula is C12H18BrNOS. The fourth-order valence-electron chi connectivity index (χ4n) is 1.07. The van der Waals surface area contributed by atoms with E-state index >= 15 is 0 Å². The Balaban J connectivity index is 0.00000225. The number of quaternary nitrogens is 1.